The van der Waals surface area contributed by atoms with Crippen LogP contribution in [0.2, 0.25) is 0 Å². The quantitative estimate of drug-likeness (QED) is 0.538. The molecule has 1 aromatic rings. The summed E-state index contributed by atoms with van der Waals surface area (Å²) >= 11 is 12.6. The number of hydrogen-bond acceptors (Lipinski definition) is 2. The topological polar surface area (TPSA) is 37.4 Å². The summed E-state index contributed by atoms with van der Waals surface area (Å²) in [6, 6.07) is 9.88. The van der Waals surface area contributed by atoms with Gasteiger partial charge in [0, 0.05) is 26.4 Å². The van der Waals surface area contributed by atoms with Crippen LogP contribution in [0.3, 0.4) is 0 Å². The molecule has 0 aliphatic heterocycles. The van der Waals surface area contributed by atoms with Crippen LogP contribution in [-0.4, -0.2) is 34.4 Å². The standard InChI is InChI=1S/C19H21Cl2NO2/c1-22(14-16-5-3-2-4-6-16)18(24)8-7-15-9-10-19(21,11-12-23)17(20)13-15/h2-6,9-10,12-13,17H,7-8,11,14H2,1H3. The summed E-state index contributed by atoms with van der Waals surface area (Å²) in [6.07, 6.45) is 7.41. The average molecular weight is 366 g/mol. The number of amides is 1. The number of hydrogen-bond donors (Lipinski definition) is 0. The molecule has 1 aliphatic rings. The Labute approximate surface area is 152 Å². The van der Waals surface area contributed by atoms with Crippen molar-refractivity contribution in [3.05, 3.63) is 59.7 Å². The molecular weight excluding hydrogens is 345 g/mol. The summed E-state index contributed by atoms with van der Waals surface area (Å²) in [5, 5.41) is -0.457. The second kappa shape index (κ2) is 8.50. The Morgan fingerprint density at radius 2 is 2.04 bits per heavy atom. The molecule has 0 N–H and O–H groups in total. The van der Waals surface area contributed by atoms with Crippen molar-refractivity contribution >= 4 is 35.4 Å². The van der Waals surface area contributed by atoms with Gasteiger partial charge in [0.05, 0.1) is 10.3 Å². The van der Waals surface area contributed by atoms with Crippen LogP contribution in [0.15, 0.2) is 54.1 Å². The van der Waals surface area contributed by atoms with Crippen LogP contribution < -0.4 is 0 Å². The van der Waals surface area contributed by atoms with Crippen molar-refractivity contribution in [3.8, 4) is 0 Å². The Hall–Kier alpha value is -1.58. The SMILES string of the molecule is CN(Cc1ccccc1)C(=O)CCC1=CC(Cl)C(Cl)(CC=O)C=C1. The van der Waals surface area contributed by atoms with Crippen molar-refractivity contribution in [1.82, 2.24) is 4.90 Å². The number of carbonyl (C=O) groups is 2. The van der Waals surface area contributed by atoms with Crippen LogP contribution in [0.25, 0.3) is 0 Å². The van der Waals surface area contributed by atoms with Crippen LogP contribution >= 0.6 is 23.2 Å². The van der Waals surface area contributed by atoms with E-state index in [1.54, 1.807) is 18.0 Å². The number of benzene rings is 1. The van der Waals surface area contributed by atoms with Gasteiger partial charge in [0.1, 0.15) is 6.29 Å². The van der Waals surface area contributed by atoms with Crippen molar-refractivity contribution in [2.45, 2.75) is 36.1 Å². The molecule has 0 radical (unpaired) electrons. The summed E-state index contributed by atoms with van der Waals surface area (Å²) < 4.78 is 0. The molecule has 0 aromatic heterocycles. The number of nitrogens with zero attached hydrogens (tertiary/aromatic N) is 1. The fourth-order valence-electron chi connectivity index (χ4n) is 2.58. The molecule has 0 heterocycles. The van der Waals surface area contributed by atoms with Gasteiger partial charge in [-0.25, -0.2) is 0 Å². The highest BCUT2D eigenvalue weighted by Gasteiger charge is 2.33. The predicted molar refractivity (Wildman–Crippen MR) is 98.3 cm³/mol. The lowest BCUT2D eigenvalue weighted by molar-refractivity contribution is -0.130. The summed E-state index contributed by atoms with van der Waals surface area (Å²) in [5.74, 6) is 0.0786. The van der Waals surface area contributed by atoms with Gasteiger partial charge in [-0.05, 0) is 12.0 Å². The molecule has 1 aromatic carbocycles. The van der Waals surface area contributed by atoms with E-state index >= 15 is 0 Å². The zero-order valence-corrected chi connectivity index (χ0v) is 15.1. The van der Waals surface area contributed by atoms with Gasteiger partial charge in [-0.15, -0.1) is 23.2 Å². The third-order valence-corrected chi connectivity index (χ3v) is 5.25. The van der Waals surface area contributed by atoms with E-state index < -0.39 is 10.3 Å². The van der Waals surface area contributed by atoms with E-state index in [0.717, 1.165) is 17.4 Å². The maximum atomic E-state index is 12.3. The number of aldehydes is 1. The Kier molecular flexibility index (Phi) is 6.64. The minimum atomic E-state index is -0.860. The van der Waals surface area contributed by atoms with E-state index in [2.05, 4.69) is 0 Å². The zero-order chi connectivity index (χ0) is 17.6. The Bertz CT molecular complexity index is 642. The molecule has 1 aliphatic carbocycles. The van der Waals surface area contributed by atoms with Gasteiger partial charge in [0.15, 0.2) is 0 Å². The van der Waals surface area contributed by atoms with Crippen molar-refractivity contribution < 1.29 is 9.59 Å². The van der Waals surface area contributed by atoms with Gasteiger partial charge in [-0.3, -0.25) is 4.79 Å². The zero-order valence-electron chi connectivity index (χ0n) is 13.6. The lowest BCUT2D eigenvalue weighted by Gasteiger charge is -2.28. The molecule has 0 saturated carbocycles. The minimum Gasteiger partial charge on any atom is -0.341 e. The molecule has 0 saturated heterocycles. The van der Waals surface area contributed by atoms with E-state index in [9.17, 15) is 9.59 Å². The van der Waals surface area contributed by atoms with E-state index in [0.29, 0.717) is 19.4 Å². The molecule has 2 unspecified atom stereocenters. The van der Waals surface area contributed by atoms with Crippen molar-refractivity contribution in [2.24, 2.45) is 0 Å². The van der Waals surface area contributed by atoms with E-state index in [4.69, 9.17) is 23.2 Å². The highest BCUT2D eigenvalue weighted by molar-refractivity contribution is 6.35. The van der Waals surface area contributed by atoms with Gasteiger partial charge < -0.3 is 9.69 Å². The summed E-state index contributed by atoms with van der Waals surface area (Å²) in [7, 11) is 1.80. The molecule has 2 atom stereocenters. The van der Waals surface area contributed by atoms with E-state index in [-0.39, 0.29) is 12.3 Å². The highest BCUT2D eigenvalue weighted by Crippen LogP contribution is 2.35. The normalized spacial score (nSPS) is 22.8. The molecule has 1 amide bonds. The van der Waals surface area contributed by atoms with Crippen LogP contribution in [0.4, 0.5) is 0 Å². The second-order valence-corrected chi connectivity index (χ2v) is 7.18. The number of carbonyl (C=O) groups excluding carboxylic acids is 2. The third-order valence-electron chi connectivity index (χ3n) is 4.11. The maximum absolute atomic E-state index is 12.3. The van der Waals surface area contributed by atoms with Gasteiger partial charge in [0.25, 0.3) is 0 Å². The summed E-state index contributed by atoms with van der Waals surface area (Å²) in [4.78, 5) is 23.8. The largest absolute Gasteiger partial charge is 0.341 e. The first-order chi connectivity index (χ1) is 11.4. The molecule has 3 nitrogen and oxygen atoms in total. The molecule has 5 heteroatoms. The molecule has 0 bridgehead atoms. The lowest BCUT2D eigenvalue weighted by atomic mass is 9.91. The van der Waals surface area contributed by atoms with Gasteiger partial charge in [-0.2, -0.15) is 0 Å². The van der Waals surface area contributed by atoms with Crippen molar-refractivity contribution in [3.63, 3.8) is 0 Å². The Balaban J connectivity index is 1.86. The lowest BCUT2D eigenvalue weighted by Crippen LogP contribution is -2.32. The van der Waals surface area contributed by atoms with E-state index in [1.807, 2.05) is 42.5 Å². The number of halogens is 2. The first-order valence-electron chi connectivity index (χ1n) is 7.89. The number of rotatable bonds is 7. The monoisotopic (exact) mass is 365 g/mol. The molecule has 0 spiro atoms. The van der Waals surface area contributed by atoms with Crippen LogP contribution in [-0.2, 0) is 16.1 Å². The fraction of sp³-hybridized carbons (Fsp3) is 0.368. The van der Waals surface area contributed by atoms with Gasteiger partial charge in [0.2, 0.25) is 5.91 Å². The van der Waals surface area contributed by atoms with Gasteiger partial charge in [-0.1, -0.05) is 54.1 Å². The smallest absolute Gasteiger partial charge is 0.222 e. The second-order valence-electron chi connectivity index (χ2n) is 6.01. The summed E-state index contributed by atoms with van der Waals surface area (Å²) in [5.41, 5.74) is 2.07. The molecule has 24 heavy (non-hydrogen) atoms. The van der Waals surface area contributed by atoms with Crippen molar-refractivity contribution in [1.29, 1.82) is 0 Å². The predicted octanol–water partition coefficient (Wildman–Crippen LogP) is 4.10. The van der Waals surface area contributed by atoms with Crippen LogP contribution in [0.5, 0.6) is 0 Å². The molecule has 2 rings (SSSR count). The highest BCUT2D eigenvalue weighted by atomic mass is 35.5. The number of alkyl halides is 2. The van der Waals surface area contributed by atoms with Gasteiger partial charge >= 0.3 is 0 Å². The first kappa shape index (κ1) is 18.8. The Morgan fingerprint density at radius 3 is 2.67 bits per heavy atom. The van der Waals surface area contributed by atoms with E-state index in [1.165, 1.54) is 0 Å². The molecular formula is C19H21Cl2NO2. The molecule has 0 fully saturated rings. The summed E-state index contributed by atoms with van der Waals surface area (Å²) in [6.45, 7) is 0.594. The minimum absolute atomic E-state index is 0.0786. The number of allylic oxidation sites excluding steroid dienone is 4. The van der Waals surface area contributed by atoms with Crippen molar-refractivity contribution in [2.75, 3.05) is 7.05 Å². The molecule has 128 valence electrons. The fourth-order valence-corrected chi connectivity index (χ4v) is 3.09. The average Bonchev–Trinajstić information content (AvgIpc) is 2.57. The van der Waals surface area contributed by atoms with Crippen LogP contribution in [0.1, 0.15) is 24.8 Å². The maximum Gasteiger partial charge on any atom is 0.222 e. The third kappa shape index (κ3) is 4.96. The Morgan fingerprint density at radius 1 is 1.33 bits per heavy atom. The first-order valence-corrected chi connectivity index (χ1v) is 8.70. The van der Waals surface area contributed by atoms with Crippen LogP contribution in [0, 0.1) is 0 Å².